The average molecular weight is 655 g/mol. The van der Waals surface area contributed by atoms with Gasteiger partial charge in [0, 0.05) is 30.1 Å². The summed E-state index contributed by atoms with van der Waals surface area (Å²) in [6, 6.07) is 14.8. The summed E-state index contributed by atoms with van der Waals surface area (Å²) in [5.41, 5.74) is 0.0315. The van der Waals surface area contributed by atoms with Gasteiger partial charge in [0.1, 0.15) is 17.2 Å². The van der Waals surface area contributed by atoms with Crippen molar-refractivity contribution in [3.8, 4) is 11.5 Å². The van der Waals surface area contributed by atoms with Crippen molar-refractivity contribution in [1.29, 1.82) is 0 Å². The van der Waals surface area contributed by atoms with Crippen LogP contribution >= 0.6 is 0 Å². The fourth-order valence-electron chi connectivity index (χ4n) is 3.97. The Morgan fingerprint density at radius 3 is 1.98 bits per heavy atom. The number of likely N-dealkylation sites (N-methyl/N-ethyl adjacent to an activating group) is 1. The van der Waals surface area contributed by atoms with E-state index in [0.29, 0.717) is 5.56 Å². The van der Waals surface area contributed by atoms with E-state index < -0.39 is 35.6 Å². The van der Waals surface area contributed by atoms with E-state index in [1.807, 2.05) is 0 Å². The molecule has 0 atom stereocenters. The van der Waals surface area contributed by atoms with Crippen molar-refractivity contribution in [2.75, 3.05) is 6.54 Å². The number of rotatable bonds is 8. The molecule has 0 unspecified atom stereocenters. The number of hydrogen-bond donors (Lipinski definition) is 5. The number of phenolic OH excluding ortho intramolecular Hbond substituents is 2. The van der Waals surface area contributed by atoms with Crippen molar-refractivity contribution in [2.24, 2.45) is 0 Å². The first-order chi connectivity index (χ1) is 22.1. The summed E-state index contributed by atoms with van der Waals surface area (Å²) in [5.74, 6) is -6.38. The Kier molecular flexibility index (Phi) is 11.3. The molecule has 12 nitrogen and oxygen atoms in total. The quantitative estimate of drug-likeness (QED) is 0.165. The Morgan fingerprint density at radius 2 is 1.43 bits per heavy atom. The molecule has 3 aromatic rings. The minimum absolute atomic E-state index is 0.0178. The van der Waals surface area contributed by atoms with Crippen LogP contribution in [0.15, 0.2) is 103 Å². The lowest BCUT2D eigenvalue weighted by Gasteiger charge is -2.25. The number of benzene rings is 3. The normalized spacial score (nSPS) is 12.2. The van der Waals surface area contributed by atoms with Crippen molar-refractivity contribution in [3.63, 3.8) is 0 Å². The van der Waals surface area contributed by atoms with Gasteiger partial charge in [-0.25, -0.2) is 14.4 Å². The predicted molar refractivity (Wildman–Crippen MR) is 157 cm³/mol. The first-order valence-corrected chi connectivity index (χ1v) is 13.3. The molecule has 47 heavy (non-hydrogen) atoms. The van der Waals surface area contributed by atoms with E-state index in [2.05, 4.69) is 5.32 Å². The van der Waals surface area contributed by atoms with Gasteiger partial charge in [-0.15, -0.1) is 0 Å². The van der Waals surface area contributed by atoms with E-state index in [4.69, 9.17) is 14.6 Å². The number of aromatic carboxylic acids is 1. The maximum absolute atomic E-state index is 13.2. The molecule has 4 rings (SSSR count). The number of ketones is 1. The Hall–Kier alpha value is -6.38. The first-order valence-electron chi connectivity index (χ1n) is 13.3. The standard InChI is InChI=1S/C30H24N2O8.C2HF3O2/c1-2-32(28(36)19-12-14-21(33)15-13-19)23-17-31-16-4-7-25(23)40-30(39)20-10-8-18(9-11-20)27(35)26-22(29(37)38)5-3-6-24(26)34;3-2(4,5)1(6)7/h3-17,31,33-34H,2H2,1H3,(H,37,38);(H,6,7). The molecule has 5 N–H and O–H groups in total. The third-order valence-corrected chi connectivity index (χ3v) is 6.21. The summed E-state index contributed by atoms with van der Waals surface area (Å²) in [6.07, 6.45) is 1.13. The molecule has 3 aromatic carbocycles. The van der Waals surface area contributed by atoms with Crippen LogP contribution in [0.1, 0.15) is 53.9 Å². The molecule has 0 fully saturated rings. The fraction of sp³-hybridized carbons (Fsp3) is 0.0938. The first kappa shape index (κ1) is 35.1. The number of amides is 1. The lowest BCUT2D eigenvalue weighted by atomic mass is 9.96. The molecule has 0 radical (unpaired) electrons. The molecular formula is C32H25F3N2O10. The van der Waals surface area contributed by atoms with Crippen LogP contribution in [0.25, 0.3) is 0 Å². The number of esters is 1. The number of hydrogen-bond acceptors (Lipinski definition) is 9. The maximum atomic E-state index is 13.2. The topological polar surface area (TPSA) is 191 Å². The molecule has 0 saturated heterocycles. The Balaban J connectivity index is 0.000000771. The highest BCUT2D eigenvalue weighted by Crippen LogP contribution is 2.26. The molecule has 0 spiro atoms. The van der Waals surface area contributed by atoms with Gasteiger partial charge in [-0.2, -0.15) is 13.2 Å². The second kappa shape index (κ2) is 15.1. The molecular weight excluding hydrogens is 629 g/mol. The Bertz CT molecular complexity index is 1780. The number of carbonyl (C=O) groups is 5. The molecule has 244 valence electrons. The van der Waals surface area contributed by atoms with Crippen molar-refractivity contribution >= 4 is 29.6 Å². The zero-order valence-corrected chi connectivity index (χ0v) is 24.2. The summed E-state index contributed by atoms with van der Waals surface area (Å²) in [6.45, 7) is 2.00. The van der Waals surface area contributed by atoms with Gasteiger partial charge in [-0.1, -0.05) is 18.2 Å². The van der Waals surface area contributed by atoms with E-state index in [-0.39, 0.29) is 51.9 Å². The number of carboxylic acids is 2. The van der Waals surface area contributed by atoms with Gasteiger partial charge >= 0.3 is 24.1 Å². The van der Waals surface area contributed by atoms with Crippen LogP contribution in [-0.4, -0.2) is 67.6 Å². The van der Waals surface area contributed by atoms with Crippen LogP contribution in [0.2, 0.25) is 0 Å². The van der Waals surface area contributed by atoms with Crippen molar-refractivity contribution in [2.45, 2.75) is 13.1 Å². The minimum Gasteiger partial charge on any atom is -0.508 e. The van der Waals surface area contributed by atoms with E-state index >= 15 is 0 Å². The summed E-state index contributed by atoms with van der Waals surface area (Å²) < 4.78 is 37.4. The SMILES string of the molecule is CCN(C(=O)c1ccc(O)cc1)C1=CNC=CC=C1OC(=O)c1ccc(C(=O)c2c(O)cccc2C(=O)O)cc1.O=C(O)C(F)(F)F. The number of aromatic hydroxyl groups is 2. The third kappa shape index (κ3) is 8.85. The monoisotopic (exact) mass is 654 g/mol. The summed E-state index contributed by atoms with van der Waals surface area (Å²) >= 11 is 0. The number of alkyl halides is 3. The molecule has 1 aliphatic rings. The minimum atomic E-state index is -5.08. The smallest absolute Gasteiger partial charge is 0.490 e. The highest BCUT2D eigenvalue weighted by molar-refractivity contribution is 6.16. The van der Waals surface area contributed by atoms with Crippen molar-refractivity contribution in [1.82, 2.24) is 10.2 Å². The number of nitrogens with zero attached hydrogens (tertiary/aromatic N) is 1. The van der Waals surface area contributed by atoms with Crippen molar-refractivity contribution in [3.05, 3.63) is 131 Å². The lowest BCUT2D eigenvalue weighted by molar-refractivity contribution is -0.192. The zero-order valence-electron chi connectivity index (χ0n) is 24.2. The second-order valence-electron chi connectivity index (χ2n) is 9.29. The highest BCUT2D eigenvalue weighted by atomic mass is 19.4. The number of carboxylic acid groups (broad SMARTS) is 2. The molecule has 0 bridgehead atoms. The van der Waals surface area contributed by atoms with Crippen molar-refractivity contribution < 1.29 is 62.3 Å². The van der Waals surface area contributed by atoms with E-state index in [9.17, 15) is 47.7 Å². The average Bonchev–Trinajstić information content (AvgIpc) is 3.26. The maximum Gasteiger partial charge on any atom is 0.490 e. The summed E-state index contributed by atoms with van der Waals surface area (Å²) in [5, 5.41) is 39.1. The number of phenols is 2. The number of allylic oxidation sites excluding steroid dienone is 2. The van der Waals surface area contributed by atoms with E-state index in [0.717, 1.165) is 0 Å². The molecule has 0 aliphatic carbocycles. The Morgan fingerprint density at radius 1 is 0.851 bits per heavy atom. The van der Waals surface area contributed by atoms with Crippen LogP contribution in [0, 0.1) is 0 Å². The van der Waals surface area contributed by atoms with E-state index in [1.54, 1.807) is 19.2 Å². The fourth-order valence-corrected chi connectivity index (χ4v) is 3.97. The number of halogens is 3. The van der Waals surface area contributed by atoms with Gasteiger partial charge in [0.25, 0.3) is 5.91 Å². The molecule has 1 aliphatic heterocycles. The summed E-state index contributed by atoms with van der Waals surface area (Å²) in [4.78, 5) is 61.0. The molecule has 1 amide bonds. The number of nitrogens with one attached hydrogen (secondary N) is 1. The lowest BCUT2D eigenvalue weighted by Crippen LogP contribution is -2.32. The van der Waals surface area contributed by atoms with Crippen LogP contribution in [0.3, 0.4) is 0 Å². The second-order valence-corrected chi connectivity index (χ2v) is 9.29. The zero-order chi connectivity index (χ0) is 34.9. The molecule has 1 heterocycles. The van der Waals surface area contributed by atoms with Gasteiger partial charge in [-0.3, -0.25) is 9.59 Å². The molecule has 0 aromatic heterocycles. The number of carbonyl (C=O) groups excluding carboxylic acids is 3. The number of ether oxygens (including phenoxy) is 1. The van der Waals surface area contributed by atoms with Gasteiger partial charge in [0.15, 0.2) is 11.5 Å². The third-order valence-electron chi connectivity index (χ3n) is 6.21. The largest absolute Gasteiger partial charge is 0.508 e. The van der Waals surface area contributed by atoms with Crippen LogP contribution < -0.4 is 5.32 Å². The van der Waals surface area contributed by atoms with Gasteiger partial charge in [0.05, 0.1) is 16.7 Å². The highest BCUT2D eigenvalue weighted by Gasteiger charge is 2.38. The summed E-state index contributed by atoms with van der Waals surface area (Å²) in [7, 11) is 0. The molecule has 0 saturated carbocycles. The molecule has 15 heteroatoms. The van der Waals surface area contributed by atoms with Crippen LogP contribution in [0.4, 0.5) is 13.2 Å². The number of aliphatic carboxylic acids is 1. The predicted octanol–water partition coefficient (Wildman–Crippen LogP) is 4.82. The van der Waals surface area contributed by atoms with Gasteiger partial charge in [0.2, 0.25) is 0 Å². The van der Waals surface area contributed by atoms with Gasteiger partial charge < -0.3 is 35.4 Å². The van der Waals surface area contributed by atoms with Crippen LogP contribution in [0.5, 0.6) is 11.5 Å². The Labute approximate surface area is 263 Å². The van der Waals surface area contributed by atoms with Crippen LogP contribution in [-0.2, 0) is 9.53 Å². The van der Waals surface area contributed by atoms with E-state index in [1.165, 1.54) is 83.9 Å². The van der Waals surface area contributed by atoms with Gasteiger partial charge in [-0.05, 0) is 67.6 Å².